The third kappa shape index (κ3) is 3.83. The van der Waals surface area contributed by atoms with Gasteiger partial charge in [0.1, 0.15) is 0 Å². The first-order chi connectivity index (χ1) is 11.8. The van der Waals surface area contributed by atoms with Crippen molar-refractivity contribution in [1.82, 2.24) is 4.90 Å². The van der Waals surface area contributed by atoms with E-state index in [0.717, 1.165) is 38.5 Å². The lowest BCUT2D eigenvalue weighted by Gasteiger charge is -2.37. The number of rotatable bonds is 6. The van der Waals surface area contributed by atoms with Crippen molar-refractivity contribution in [2.75, 3.05) is 32.9 Å². The first-order valence-electron chi connectivity index (χ1n) is 9.50. The van der Waals surface area contributed by atoms with Crippen LogP contribution in [0.4, 0.5) is 0 Å². The second kappa shape index (κ2) is 7.52. The first-order valence-corrected chi connectivity index (χ1v) is 9.50. The minimum absolute atomic E-state index is 0.147. The van der Waals surface area contributed by atoms with Crippen molar-refractivity contribution in [3.05, 3.63) is 35.4 Å². The van der Waals surface area contributed by atoms with Gasteiger partial charge in [-0.25, -0.2) is 0 Å². The molecule has 1 aromatic rings. The molecular formula is C20H29NO3. The van der Waals surface area contributed by atoms with Crippen LogP contribution in [0.15, 0.2) is 24.3 Å². The molecule has 24 heavy (non-hydrogen) atoms. The molecule has 2 fully saturated rings. The summed E-state index contributed by atoms with van der Waals surface area (Å²) in [5.41, 5.74) is 2.73. The van der Waals surface area contributed by atoms with Crippen molar-refractivity contribution in [2.45, 2.75) is 50.4 Å². The molecule has 1 saturated carbocycles. The summed E-state index contributed by atoms with van der Waals surface area (Å²) in [5.74, 6) is 0.781. The van der Waals surface area contributed by atoms with Gasteiger partial charge in [0.25, 0.3) is 0 Å². The Hall–Kier alpha value is -0.940. The molecule has 4 nitrogen and oxygen atoms in total. The zero-order chi connectivity index (χ0) is 16.4. The second-order valence-corrected chi connectivity index (χ2v) is 7.54. The molecule has 0 bridgehead atoms. The minimum Gasteiger partial charge on any atom is -0.389 e. The number of aliphatic hydroxyl groups excluding tert-OH is 1. The standard InChI is InChI=1S/C20H29NO3/c22-17(12-21-10-11-23-14-19(21)16-8-9-16)13-24-20-7-3-5-15-4-1-2-6-18(15)20/h1-2,4,6,16-17,19-20,22H,3,5,7-14H2. The molecular weight excluding hydrogens is 302 g/mol. The third-order valence-corrected chi connectivity index (χ3v) is 5.70. The summed E-state index contributed by atoms with van der Waals surface area (Å²) in [6, 6.07) is 9.08. The average molecular weight is 331 g/mol. The third-order valence-electron chi connectivity index (χ3n) is 5.70. The van der Waals surface area contributed by atoms with Gasteiger partial charge in [-0.3, -0.25) is 4.90 Å². The van der Waals surface area contributed by atoms with Crippen LogP contribution in [0.2, 0.25) is 0 Å². The molecule has 4 rings (SSSR count). The van der Waals surface area contributed by atoms with Crippen LogP contribution in [0, 0.1) is 5.92 Å². The van der Waals surface area contributed by atoms with E-state index in [9.17, 15) is 5.11 Å². The van der Waals surface area contributed by atoms with Crippen molar-refractivity contribution in [3.63, 3.8) is 0 Å². The maximum Gasteiger partial charge on any atom is 0.0900 e. The van der Waals surface area contributed by atoms with Gasteiger partial charge in [0.05, 0.1) is 32.0 Å². The Morgan fingerprint density at radius 3 is 3.00 bits per heavy atom. The number of benzene rings is 1. The molecule has 3 aliphatic rings. The molecule has 3 unspecified atom stereocenters. The topological polar surface area (TPSA) is 41.9 Å². The number of β-amino-alcohol motifs (C(OH)–C–C–N with tert-alkyl or cyclic N) is 1. The Morgan fingerprint density at radius 2 is 2.12 bits per heavy atom. The minimum atomic E-state index is -0.418. The summed E-state index contributed by atoms with van der Waals surface area (Å²) in [6.07, 6.45) is 5.74. The van der Waals surface area contributed by atoms with Crippen molar-refractivity contribution in [2.24, 2.45) is 5.92 Å². The zero-order valence-corrected chi connectivity index (χ0v) is 14.4. The summed E-state index contributed by atoms with van der Waals surface area (Å²) in [5, 5.41) is 10.5. The van der Waals surface area contributed by atoms with Gasteiger partial charge in [-0.15, -0.1) is 0 Å². The van der Waals surface area contributed by atoms with E-state index in [0.29, 0.717) is 19.2 Å². The highest BCUT2D eigenvalue weighted by atomic mass is 16.5. The number of hydrogen-bond acceptors (Lipinski definition) is 4. The molecule has 4 heteroatoms. The van der Waals surface area contributed by atoms with Crippen LogP contribution in [0.1, 0.15) is 42.9 Å². The van der Waals surface area contributed by atoms with Gasteiger partial charge >= 0.3 is 0 Å². The molecule has 1 aromatic carbocycles. The van der Waals surface area contributed by atoms with Gasteiger partial charge in [-0.2, -0.15) is 0 Å². The van der Waals surface area contributed by atoms with E-state index in [4.69, 9.17) is 9.47 Å². The highest BCUT2D eigenvalue weighted by Crippen LogP contribution is 2.36. The highest BCUT2D eigenvalue weighted by Gasteiger charge is 2.37. The van der Waals surface area contributed by atoms with E-state index in [-0.39, 0.29) is 6.10 Å². The molecule has 132 valence electrons. The summed E-state index contributed by atoms with van der Waals surface area (Å²) in [4.78, 5) is 2.42. The predicted molar refractivity (Wildman–Crippen MR) is 93.0 cm³/mol. The monoisotopic (exact) mass is 331 g/mol. The molecule has 1 N–H and O–H groups in total. The maximum atomic E-state index is 10.5. The van der Waals surface area contributed by atoms with Gasteiger partial charge in [-0.1, -0.05) is 24.3 Å². The fourth-order valence-electron chi connectivity index (χ4n) is 4.23. The summed E-state index contributed by atoms with van der Waals surface area (Å²) in [7, 11) is 0. The smallest absolute Gasteiger partial charge is 0.0900 e. The van der Waals surface area contributed by atoms with Crippen LogP contribution in [-0.2, 0) is 15.9 Å². The van der Waals surface area contributed by atoms with E-state index in [1.807, 2.05) is 0 Å². The Kier molecular flexibility index (Phi) is 5.18. The molecule has 2 aliphatic carbocycles. The fraction of sp³-hybridized carbons (Fsp3) is 0.700. The van der Waals surface area contributed by atoms with E-state index in [1.165, 1.54) is 30.4 Å². The molecule has 1 heterocycles. The Morgan fingerprint density at radius 1 is 1.25 bits per heavy atom. The van der Waals surface area contributed by atoms with Crippen molar-refractivity contribution in [3.8, 4) is 0 Å². The Balaban J connectivity index is 1.30. The number of fused-ring (bicyclic) bond motifs is 1. The van der Waals surface area contributed by atoms with Crippen LogP contribution < -0.4 is 0 Å². The van der Waals surface area contributed by atoms with Gasteiger partial charge in [0.2, 0.25) is 0 Å². The number of nitrogens with zero attached hydrogens (tertiary/aromatic N) is 1. The predicted octanol–water partition coefficient (Wildman–Crippen LogP) is 2.55. The van der Waals surface area contributed by atoms with E-state index in [2.05, 4.69) is 29.2 Å². The van der Waals surface area contributed by atoms with Crippen LogP contribution in [0.5, 0.6) is 0 Å². The van der Waals surface area contributed by atoms with Crippen LogP contribution in [0.3, 0.4) is 0 Å². The number of aryl methyl sites for hydroxylation is 1. The van der Waals surface area contributed by atoms with Gasteiger partial charge in [-0.05, 0) is 49.1 Å². The zero-order valence-electron chi connectivity index (χ0n) is 14.4. The largest absolute Gasteiger partial charge is 0.389 e. The molecule has 1 aliphatic heterocycles. The van der Waals surface area contributed by atoms with Gasteiger partial charge in [0.15, 0.2) is 0 Å². The number of ether oxygens (including phenoxy) is 2. The van der Waals surface area contributed by atoms with Crippen molar-refractivity contribution >= 4 is 0 Å². The SMILES string of the molecule is OC(COC1CCCc2ccccc21)CN1CCOCC1C1CC1. The lowest BCUT2D eigenvalue weighted by molar-refractivity contribution is -0.0620. The summed E-state index contributed by atoms with van der Waals surface area (Å²) in [6.45, 7) is 3.68. The lowest BCUT2D eigenvalue weighted by atomic mass is 9.89. The molecule has 0 radical (unpaired) electrons. The van der Waals surface area contributed by atoms with Crippen molar-refractivity contribution < 1.29 is 14.6 Å². The fourth-order valence-corrected chi connectivity index (χ4v) is 4.23. The quantitative estimate of drug-likeness (QED) is 0.870. The van der Waals surface area contributed by atoms with E-state index in [1.54, 1.807) is 0 Å². The lowest BCUT2D eigenvalue weighted by Crippen LogP contribution is -2.50. The molecule has 0 amide bonds. The molecule has 3 atom stereocenters. The second-order valence-electron chi connectivity index (χ2n) is 7.54. The molecule has 0 aromatic heterocycles. The average Bonchev–Trinajstić information content (AvgIpc) is 3.45. The van der Waals surface area contributed by atoms with Gasteiger partial charge < -0.3 is 14.6 Å². The van der Waals surface area contributed by atoms with Gasteiger partial charge in [0, 0.05) is 19.1 Å². The van der Waals surface area contributed by atoms with Crippen LogP contribution in [-0.4, -0.2) is 55.1 Å². The number of morpholine rings is 1. The van der Waals surface area contributed by atoms with E-state index < -0.39 is 6.10 Å². The van der Waals surface area contributed by atoms with Crippen LogP contribution >= 0.6 is 0 Å². The number of hydrogen-bond donors (Lipinski definition) is 1. The Labute approximate surface area is 144 Å². The van der Waals surface area contributed by atoms with E-state index >= 15 is 0 Å². The van der Waals surface area contributed by atoms with Crippen LogP contribution in [0.25, 0.3) is 0 Å². The maximum absolute atomic E-state index is 10.5. The Bertz CT molecular complexity index is 545. The highest BCUT2D eigenvalue weighted by molar-refractivity contribution is 5.31. The summed E-state index contributed by atoms with van der Waals surface area (Å²) < 4.78 is 11.8. The van der Waals surface area contributed by atoms with Crippen molar-refractivity contribution in [1.29, 1.82) is 0 Å². The normalized spacial score (nSPS) is 29.2. The number of aliphatic hydroxyl groups is 1. The summed E-state index contributed by atoms with van der Waals surface area (Å²) >= 11 is 0. The first kappa shape index (κ1) is 16.5. The molecule has 1 saturated heterocycles. The molecule has 0 spiro atoms.